The van der Waals surface area contributed by atoms with Gasteiger partial charge in [0.1, 0.15) is 5.82 Å². The Kier molecular flexibility index (Phi) is 7.15. The second-order valence-electron chi connectivity index (χ2n) is 4.73. The molecule has 0 aliphatic rings. The molecule has 0 fully saturated rings. The van der Waals surface area contributed by atoms with E-state index in [4.69, 9.17) is 5.11 Å². The summed E-state index contributed by atoms with van der Waals surface area (Å²) in [4.78, 5) is 22.2. The van der Waals surface area contributed by atoms with E-state index in [1.165, 1.54) is 18.2 Å². The first kappa shape index (κ1) is 16.9. The van der Waals surface area contributed by atoms with Crippen LogP contribution in [0.3, 0.4) is 0 Å². The van der Waals surface area contributed by atoms with Gasteiger partial charge in [-0.3, -0.25) is 4.79 Å². The summed E-state index contributed by atoms with van der Waals surface area (Å²) >= 11 is 0. The third-order valence-corrected chi connectivity index (χ3v) is 2.97. The number of carboxylic acids is 1. The molecular formula is C16H20FNO3. The molecule has 1 aromatic rings. The lowest BCUT2D eigenvalue weighted by Crippen LogP contribution is -2.25. The lowest BCUT2D eigenvalue weighted by atomic mass is 10.1. The molecule has 0 unspecified atom stereocenters. The van der Waals surface area contributed by atoms with Gasteiger partial charge in [-0.2, -0.15) is 0 Å². The number of aliphatic carboxylic acids is 1. The van der Waals surface area contributed by atoms with E-state index in [0.717, 1.165) is 37.8 Å². The van der Waals surface area contributed by atoms with Gasteiger partial charge in [0.15, 0.2) is 0 Å². The van der Waals surface area contributed by atoms with Gasteiger partial charge in [0.2, 0.25) is 0 Å². The van der Waals surface area contributed by atoms with Gasteiger partial charge in [-0.15, -0.1) is 0 Å². The minimum Gasteiger partial charge on any atom is -0.478 e. The molecule has 2 N–H and O–H groups in total. The number of carbonyl (C=O) groups is 2. The van der Waals surface area contributed by atoms with Crippen LogP contribution in [0.5, 0.6) is 0 Å². The molecule has 0 spiro atoms. The van der Waals surface area contributed by atoms with Crippen molar-refractivity contribution in [2.24, 2.45) is 0 Å². The Bertz CT molecular complexity index is 526. The zero-order chi connectivity index (χ0) is 15.7. The van der Waals surface area contributed by atoms with Gasteiger partial charge in [-0.25, -0.2) is 9.18 Å². The van der Waals surface area contributed by atoms with Crippen molar-refractivity contribution in [1.82, 2.24) is 5.32 Å². The topological polar surface area (TPSA) is 66.4 Å². The molecule has 0 radical (unpaired) electrons. The first-order valence-electron chi connectivity index (χ1n) is 7.03. The van der Waals surface area contributed by atoms with Gasteiger partial charge in [-0.05, 0) is 30.2 Å². The van der Waals surface area contributed by atoms with Crippen LogP contribution in [0.1, 0.15) is 48.5 Å². The van der Waals surface area contributed by atoms with Crippen molar-refractivity contribution in [2.75, 3.05) is 6.54 Å². The minimum absolute atomic E-state index is 0.0297. The molecule has 1 aromatic carbocycles. The van der Waals surface area contributed by atoms with Crippen molar-refractivity contribution in [3.63, 3.8) is 0 Å². The summed E-state index contributed by atoms with van der Waals surface area (Å²) in [7, 11) is 0. The highest BCUT2D eigenvalue weighted by atomic mass is 19.1. The van der Waals surface area contributed by atoms with Gasteiger partial charge >= 0.3 is 5.97 Å². The zero-order valence-electron chi connectivity index (χ0n) is 12.1. The smallest absolute Gasteiger partial charge is 0.328 e. The van der Waals surface area contributed by atoms with Crippen molar-refractivity contribution in [3.8, 4) is 0 Å². The van der Waals surface area contributed by atoms with Crippen LogP contribution < -0.4 is 5.32 Å². The summed E-state index contributed by atoms with van der Waals surface area (Å²) in [6.45, 7) is 2.63. The molecule has 1 amide bonds. The molecule has 0 heterocycles. The van der Waals surface area contributed by atoms with Crippen LogP contribution in [-0.2, 0) is 4.79 Å². The molecule has 21 heavy (non-hydrogen) atoms. The number of amides is 1. The Morgan fingerprint density at radius 1 is 1.29 bits per heavy atom. The Morgan fingerprint density at radius 2 is 2.05 bits per heavy atom. The molecular weight excluding hydrogens is 273 g/mol. The quantitative estimate of drug-likeness (QED) is 0.571. The third-order valence-electron chi connectivity index (χ3n) is 2.97. The normalized spacial score (nSPS) is 10.8. The predicted molar refractivity (Wildman–Crippen MR) is 79.5 cm³/mol. The maximum atomic E-state index is 13.8. The molecule has 0 aliphatic carbocycles. The molecule has 0 bridgehead atoms. The Morgan fingerprint density at radius 3 is 2.67 bits per heavy atom. The van der Waals surface area contributed by atoms with Gasteiger partial charge in [0, 0.05) is 12.6 Å². The first-order chi connectivity index (χ1) is 10.0. The number of halogens is 1. The number of benzene rings is 1. The lowest BCUT2D eigenvalue weighted by molar-refractivity contribution is -0.131. The van der Waals surface area contributed by atoms with Crippen molar-refractivity contribution in [3.05, 3.63) is 41.2 Å². The highest BCUT2D eigenvalue weighted by molar-refractivity contribution is 5.94. The number of carbonyl (C=O) groups excluding carboxylic acids is 1. The Hall–Kier alpha value is -2.17. The molecule has 0 saturated carbocycles. The van der Waals surface area contributed by atoms with E-state index in [-0.39, 0.29) is 5.56 Å². The molecule has 1 rings (SSSR count). The van der Waals surface area contributed by atoms with Crippen LogP contribution in [0.2, 0.25) is 0 Å². The molecule has 0 atom stereocenters. The maximum Gasteiger partial charge on any atom is 0.328 e. The number of carboxylic acid groups (broad SMARTS) is 1. The summed E-state index contributed by atoms with van der Waals surface area (Å²) in [5, 5.41) is 11.2. The standard InChI is InChI=1S/C16H20FNO3/c1-2-3-4-5-10-18-16(21)13-8-6-12(11-14(13)17)7-9-15(19)20/h6-9,11H,2-5,10H2,1H3,(H,18,21)(H,19,20). The average molecular weight is 293 g/mol. The first-order valence-corrected chi connectivity index (χ1v) is 7.03. The van der Waals surface area contributed by atoms with Crippen LogP contribution >= 0.6 is 0 Å². The van der Waals surface area contributed by atoms with Crippen molar-refractivity contribution < 1.29 is 19.1 Å². The summed E-state index contributed by atoms with van der Waals surface area (Å²) in [6, 6.07) is 4.01. The Labute approximate surface area is 123 Å². The second-order valence-corrected chi connectivity index (χ2v) is 4.73. The van der Waals surface area contributed by atoms with E-state index < -0.39 is 17.7 Å². The van der Waals surface area contributed by atoms with Crippen LogP contribution in [-0.4, -0.2) is 23.5 Å². The predicted octanol–water partition coefficient (Wildman–Crippen LogP) is 3.23. The summed E-state index contributed by atoms with van der Waals surface area (Å²) in [6.07, 6.45) is 6.35. The van der Waals surface area contributed by atoms with Gasteiger partial charge in [0.25, 0.3) is 5.91 Å². The number of hydrogen-bond donors (Lipinski definition) is 2. The summed E-state index contributed by atoms with van der Waals surface area (Å²) < 4.78 is 13.8. The number of rotatable bonds is 8. The van der Waals surface area contributed by atoms with Gasteiger partial charge in [0.05, 0.1) is 5.56 Å². The fourth-order valence-electron chi connectivity index (χ4n) is 1.84. The summed E-state index contributed by atoms with van der Waals surface area (Å²) in [5.41, 5.74) is 0.368. The average Bonchev–Trinajstić information content (AvgIpc) is 2.44. The molecule has 5 heteroatoms. The van der Waals surface area contributed by atoms with Crippen LogP contribution in [0.4, 0.5) is 4.39 Å². The third kappa shape index (κ3) is 6.21. The summed E-state index contributed by atoms with van der Waals surface area (Å²) in [5.74, 6) is -2.21. The van der Waals surface area contributed by atoms with E-state index >= 15 is 0 Å². The monoisotopic (exact) mass is 293 g/mol. The van der Waals surface area contributed by atoms with E-state index in [1.807, 2.05) is 0 Å². The second kappa shape index (κ2) is 8.89. The van der Waals surface area contributed by atoms with E-state index in [2.05, 4.69) is 12.2 Å². The number of nitrogens with one attached hydrogen (secondary N) is 1. The maximum absolute atomic E-state index is 13.8. The van der Waals surface area contributed by atoms with E-state index in [9.17, 15) is 14.0 Å². The van der Waals surface area contributed by atoms with Crippen LogP contribution in [0.15, 0.2) is 24.3 Å². The SMILES string of the molecule is CCCCCCNC(=O)c1ccc(C=CC(=O)O)cc1F. The van der Waals surface area contributed by atoms with Crippen molar-refractivity contribution in [2.45, 2.75) is 32.6 Å². The van der Waals surface area contributed by atoms with Crippen molar-refractivity contribution in [1.29, 1.82) is 0 Å². The molecule has 4 nitrogen and oxygen atoms in total. The molecule has 0 aromatic heterocycles. The van der Waals surface area contributed by atoms with E-state index in [1.54, 1.807) is 0 Å². The molecule has 0 saturated heterocycles. The number of hydrogen-bond acceptors (Lipinski definition) is 2. The zero-order valence-corrected chi connectivity index (χ0v) is 12.1. The molecule has 114 valence electrons. The van der Waals surface area contributed by atoms with E-state index in [0.29, 0.717) is 12.1 Å². The largest absolute Gasteiger partial charge is 0.478 e. The van der Waals surface area contributed by atoms with Crippen LogP contribution in [0, 0.1) is 5.82 Å². The highest BCUT2D eigenvalue weighted by Crippen LogP contribution is 2.12. The van der Waals surface area contributed by atoms with Gasteiger partial charge < -0.3 is 10.4 Å². The number of unbranched alkanes of at least 4 members (excludes halogenated alkanes) is 3. The van der Waals surface area contributed by atoms with Gasteiger partial charge in [-0.1, -0.05) is 32.3 Å². The Balaban J connectivity index is 2.58. The highest BCUT2D eigenvalue weighted by Gasteiger charge is 2.11. The molecule has 0 aliphatic heterocycles. The van der Waals surface area contributed by atoms with Crippen molar-refractivity contribution >= 4 is 18.0 Å². The fraction of sp³-hybridized carbons (Fsp3) is 0.375. The van der Waals surface area contributed by atoms with Crippen LogP contribution in [0.25, 0.3) is 6.08 Å². The minimum atomic E-state index is -1.11. The lowest BCUT2D eigenvalue weighted by Gasteiger charge is -2.06. The fourth-order valence-corrected chi connectivity index (χ4v) is 1.84.